The molecule has 21 heavy (non-hydrogen) atoms. The van der Waals surface area contributed by atoms with Crippen molar-refractivity contribution >= 4 is 27.3 Å². The van der Waals surface area contributed by atoms with Crippen molar-refractivity contribution < 1.29 is 13.2 Å². The Morgan fingerprint density at radius 3 is 2.81 bits per heavy atom. The van der Waals surface area contributed by atoms with Gasteiger partial charge in [0.25, 0.3) is 10.0 Å². The van der Waals surface area contributed by atoms with E-state index < -0.39 is 15.9 Å². The molecule has 1 aliphatic rings. The molecule has 0 aromatic carbocycles. The molecule has 1 N–H and O–H groups in total. The van der Waals surface area contributed by atoms with Crippen molar-refractivity contribution in [1.29, 1.82) is 0 Å². The molecule has 1 aliphatic carbocycles. The van der Waals surface area contributed by atoms with E-state index in [1.54, 1.807) is 23.5 Å². The fraction of sp³-hybridized carbons (Fsp3) is 0.286. The highest BCUT2D eigenvalue weighted by Crippen LogP contribution is 2.50. The van der Waals surface area contributed by atoms with Gasteiger partial charge in [0.2, 0.25) is 5.91 Å². The minimum atomic E-state index is -3.87. The van der Waals surface area contributed by atoms with Crippen molar-refractivity contribution in [3.05, 3.63) is 46.3 Å². The summed E-state index contributed by atoms with van der Waals surface area (Å²) in [6.45, 7) is 2.00. The van der Waals surface area contributed by atoms with Gasteiger partial charge >= 0.3 is 0 Å². The molecule has 2 unspecified atom stereocenters. The SMILES string of the molecule is Cc1ccsc1C1CC1C(=O)NS(=O)(=O)c1ccccn1. The zero-order valence-corrected chi connectivity index (χ0v) is 12.9. The molecule has 110 valence electrons. The summed E-state index contributed by atoms with van der Waals surface area (Å²) in [5.41, 5.74) is 1.16. The van der Waals surface area contributed by atoms with Gasteiger partial charge in [-0.15, -0.1) is 11.3 Å². The summed E-state index contributed by atoms with van der Waals surface area (Å²) < 4.78 is 26.2. The molecule has 0 radical (unpaired) electrons. The summed E-state index contributed by atoms with van der Waals surface area (Å²) in [5, 5.41) is 1.85. The van der Waals surface area contributed by atoms with Crippen LogP contribution in [-0.4, -0.2) is 19.3 Å². The third kappa shape index (κ3) is 2.84. The van der Waals surface area contributed by atoms with Crippen LogP contribution in [0.4, 0.5) is 0 Å². The minimum absolute atomic E-state index is 0.136. The van der Waals surface area contributed by atoms with Gasteiger partial charge in [-0.3, -0.25) is 4.79 Å². The number of sulfonamides is 1. The molecule has 7 heteroatoms. The summed E-state index contributed by atoms with van der Waals surface area (Å²) in [4.78, 5) is 17.0. The van der Waals surface area contributed by atoms with Crippen molar-refractivity contribution in [2.45, 2.75) is 24.3 Å². The predicted octanol–water partition coefficient (Wildman–Crippen LogP) is 2.06. The van der Waals surface area contributed by atoms with Gasteiger partial charge < -0.3 is 0 Å². The first-order valence-corrected chi connectivity index (χ1v) is 8.87. The number of hydrogen-bond acceptors (Lipinski definition) is 5. The number of aromatic nitrogens is 1. The van der Waals surface area contributed by atoms with Crippen LogP contribution in [0.25, 0.3) is 0 Å². The average molecular weight is 322 g/mol. The molecule has 0 aliphatic heterocycles. The van der Waals surface area contributed by atoms with Gasteiger partial charge in [-0.05, 0) is 42.5 Å². The third-order valence-corrected chi connectivity index (χ3v) is 5.93. The van der Waals surface area contributed by atoms with Crippen LogP contribution >= 0.6 is 11.3 Å². The number of thiophene rings is 1. The smallest absolute Gasteiger partial charge is 0.274 e. The van der Waals surface area contributed by atoms with E-state index in [0.717, 1.165) is 5.56 Å². The van der Waals surface area contributed by atoms with E-state index in [1.165, 1.54) is 17.1 Å². The Kier molecular flexibility index (Phi) is 3.54. The number of carbonyl (C=O) groups is 1. The van der Waals surface area contributed by atoms with Crippen molar-refractivity contribution in [3.63, 3.8) is 0 Å². The second kappa shape index (κ2) is 5.23. The lowest BCUT2D eigenvalue weighted by molar-refractivity contribution is -0.120. The summed E-state index contributed by atoms with van der Waals surface area (Å²) in [6, 6.07) is 6.57. The van der Waals surface area contributed by atoms with E-state index in [0.29, 0.717) is 6.42 Å². The van der Waals surface area contributed by atoms with Crippen LogP contribution in [0.1, 0.15) is 22.8 Å². The molecule has 1 fully saturated rings. The summed E-state index contributed by atoms with van der Waals surface area (Å²) in [5.74, 6) is -0.566. The largest absolute Gasteiger partial charge is 0.281 e. The first-order chi connectivity index (χ1) is 9.99. The number of aryl methyl sites for hydroxylation is 1. The zero-order valence-electron chi connectivity index (χ0n) is 11.3. The van der Waals surface area contributed by atoms with E-state index in [1.807, 2.05) is 18.4 Å². The van der Waals surface area contributed by atoms with Crippen molar-refractivity contribution in [3.8, 4) is 0 Å². The zero-order chi connectivity index (χ0) is 15.0. The van der Waals surface area contributed by atoms with Gasteiger partial charge in [-0.2, -0.15) is 8.42 Å². The Morgan fingerprint density at radius 2 is 2.19 bits per heavy atom. The Balaban J connectivity index is 1.70. The highest BCUT2D eigenvalue weighted by atomic mass is 32.2. The molecular weight excluding hydrogens is 308 g/mol. The first kappa shape index (κ1) is 14.2. The van der Waals surface area contributed by atoms with Gasteiger partial charge in [-0.25, -0.2) is 9.71 Å². The number of pyridine rings is 1. The molecule has 2 heterocycles. The van der Waals surface area contributed by atoms with Gasteiger partial charge in [-0.1, -0.05) is 6.07 Å². The Bertz CT molecular complexity index is 769. The van der Waals surface area contributed by atoms with Crippen LogP contribution < -0.4 is 4.72 Å². The molecular formula is C14H14N2O3S2. The number of nitrogens with one attached hydrogen (secondary N) is 1. The molecule has 2 aromatic rings. The fourth-order valence-corrected chi connectivity index (χ4v) is 4.39. The molecule has 0 saturated heterocycles. The van der Waals surface area contributed by atoms with Crippen molar-refractivity contribution in [2.75, 3.05) is 0 Å². The fourth-order valence-electron chi connectivity index (χ4n) is 2.31. The van der Waals surface area contributed by atoms with Crippen LogP contribution in [0.5, 0.6) is 0 Å². The standard InChI is InChI=1S/C14H14N2O3S2/c1-9-5-7-20-13(9)10-8-11(10)14(17)16-21(18,19)12-4-2-3-6-15-12/h2-7,10-11H,8H2,1H3,(H,16,17). The van der Waals surface area contributed by atoms with Crippen molar-refractivity contribution in [2.24, 2.45) is 5.92 Å². The molecule has 2 aromatic heterocycles. The first-order valence-electron chi connectivity index (χ1n) is 6.51. The number of rotatable bonds is 4. The van der Waals surface area contributed by atoms with E-state index in [2.05, 4.69) is 9.71 Å². The molecule has 5 nitrogen and oxygen atoms in total. The lowest BCUT2D eigenvalue weighted by atomic mass is 10.2. The number of amides is 1. The normalized spacial score (nSPS) is 21.0. The monoisotopic (exact) mass is 322 g/mol. The van der Waals surface area contributed by atoms with Gasteiger partial charge in [0, 0.05) is 22.9 Å². The van der Waals surface area contributed by atoms with Gasteiger partial charge in [0.05, 0.1) is 0 Å². The lowest BCUT2D eigenvalue weighted by Gasteiger charge is -2.05. The topological polar surface area (TPSA) is 76.1 Å². The van der Waals surface area contributed by atoms with E-state index in [4.69, 9.17) is 0 Å². The Morgan fingerprint density at radius 1 is 1.38 bits per heavy atom. The van der Waals surface area contributed by atoms with Crippen LogP contribution in [0.3, 0.4) is 0 Å². The lowest BCUT2D eigenvalue weighted by Crippen LogP contribution is -2.32. The van der Waals surface area contributed by atoms with E-state index in [-0.39, 0.29) is 16.9 Å². The summed E-state index contributed by atoms with van der Waals surface area (Å²) in [6.07, 6.45) is 2.08. The quantitative estimate of drug-likeness (QED) is 0.935. The second-order valence-corrected chi connectivity index (χ2v) is 7.63. The summed E-state index contributed by atoms with van der Waals surface area (Å²) >= 11 is 1.61. The van der Waals surface area contributed by atoms with Crippen LogP contribution in [0.15, 0.2) is 40.9 Å². The van der Waals surface area contributed by atoms with Crippen LogP contribution in [0.2, 0.25) is 0 Å². The van der Waals surface area contributed by atoms with E-state index in [9.17, 15) is 13.2 Å². The Labute approximate surface area is 127 Å². The maximum Gasteiger partial charge on any atom is 0.281 e. The van der Waals surface area contributed by atoms with Crippen molar-refractivity contribution in [1.82, 2.24) is 9.71 Å². The third-order valence-electron chi connectivity index (χ3n) is 3.51. The number of carbonyl (C=O) groups excluding carboxylic acids is 1. The molecule has 0 bridgehead atoms. The average Bonchev–Trinajstić information content (AvgIpc) is 3.15. The summed E-state index contributed by atoms with van der Waals surface area (Å²) in [7, 11) is -3.87. The molecule has 3 rings (SSSR count). The molecule has 0 spiro atoms. The van der Waals surface area contributed by atoms with E-state index >= 15 is 0 Å². The molecule has 1 amide bonds. The number of nitrogens with zero attached hydrogens (tertiary/aromatic N) is 1. The minimum Gasteiger partial charge on any atom is -0.274 e. The highest BCUT2D eigenvalue weighted by molar-refractivity contribution is 7.90. The van der Waals surface area contributed by atoms with Gasteiger partial charge in [0.1, 0.15) is 0 Å². The van der Waals surface area contributed by atoms with Gasteiger partial charge in [0.15, 0.2) is 5.03 Å². The van der Waals surface area contributed by atoms with Crippen LogP contribution in [0, 0.1) is 12.8 Å². The molecule has 2 atom stereocenters. The predicted molar refractivity (Wildman–Crippen MR) is 79.5 cm³/mol. The highest BCUT2D eigenvalue weighted by Gasteiger charge is 2.46. The second-order valence-electron chi connectivity index (χ2n) is 5.05. The maximum absolute atomic E-state index is 12.1. The molecule has 1 saturated carbocycles. The Hall–Kier alpha value is -1.73. The van der Waals surface area contributed by atoms with Crippen LogP contribution in [-0.2, 0) is 14.8 Å². The maximum atomic E-state index is 12.1. The number of hydrogen-bond donors (Lipinski definition) is 1.